The fraction of sp³-hybridized carbons (Fsp3) is 0.125. The summed E-state index contributed by atoms with van der Waals surface area (Å²) in [6, 6.07) is 25.5. The Morgan fingerprint density at radius 1 is 1.00 bits per heavy atom. The predicted molar refractivity (Wildman–Crippen MR) is 111 cm³/mol. The number of carbonyl (C=O) groups is 1. The third-order valence-electron chi connectivity index (χ3n) is 4.76. The van der Waals surface area contributed by atoms with E-state index in [1.54, 1.807) is 6.08 Å². The summed E-state index contributed by atoms with van der Waals surface area (Å²) >= 11 is 0. The van der Waals surface area contributed by atoms with E-state index >= 15 is 0 Å². The zero-order chi connectivity index (χ0) is 19.3. The Kier molecular flexibility index (Phi) is 5.11. The van der Waals surface area contributed by atoms with Gasteiger partial charge in [0.1, 0.15) is 18.5 Å². The topological polar surface area (TPSA) is 41.6 Å². The molecule has 0 saturated heterocycles. The van der Waals surface area contributed by atoms with Crippen LogP contribution in [0.4, 0.5) is 5.69 Å². The minimum absolute atomic E-state index is 0.0145. The molecule has 1 aliphatic rings. The number of hydrogen-bond acceptors (Lipinski definition) is 3. The van der Waals surface area contributed by atoms with Gasteiger partial charge in [0.05, 0.1) is 5.56 Å². The van der Waals surface area contributed by atoms with Crippen LogP contribution in [0.15, 0.2) is 91.5 Å². The van der Waals surface area contributed by atoms with Gasteiger partial charge in [-0.15, -0.1) is 0 Å². The molecule has 0 spiro atoms. The van der Waals surface area contributed by atoms with Gasteiger partial charge in [-0.25, -0.2) is 0 Å². The second-order valence-corrected chi connectivity index (χ2v) is 6.68. The van der Waals surface area contributed by atoms with Crippen molar-refractivity contribution in [2.45, 2.75) is 12.7 Å². The summed E-state index contributed by atoms with van der Waals surface area (Å²) in [5, 5.41) is 3.53. The molecule has 1 heterocycles. The van der Waals surface area contributed by atoms with Crippen LogP contribution in [0.3, 0.4) is 0 Å². The summed E-state index contributed by atoms with van der Waals surface area (Å²) in [5.41, 5.74) is 3.59. The van der Waals surface area contributed by atoms with Crippen LogP contribution in [0.2, 0.25) is 0 Å². The van der Waals surface area contributed by atoms with E-state index in [0.29, 0.717) is 18.7 Å². The number of amides is 1. The monoisotopic (exact) mass is 370 g/mol. The molecule has 3 aromatic rings. The molecule has 0 fully saturated rings. The van der Waals surface area contributed by atoms with Crippen LogP contribution in [0.5, 0.6) is 5.75 Å². The third kappa shape index (κ3) is 3.62. The third-order valence-corrected chi connectivity index (χ3v) is 4.76. The molecule has 4 rings (SSSR count). The van der Waals surface area contributed by atoms with Crippen LogP contribution in [-0.4, -0.2) is 17.4 Å². The molecule has 28 heavy (non-hydrogen) atoms. The first-order chi connectivity index (χ1) is 13.8. The van der Waals surface area contributed by atoms with E-state index in [1.807, 2.05) is 83.8 Å². The summed E-state index contributed by atoms with van der Waals surface area (Å²) in [6.45, 7) is 4.65. The molecule has 0 radical (unpaired) electrons. The number of benzene rings is 3. The van der Waals surface area contributed by atoms with Crippen LogP contribution < -0.4 is 10.1 Å². The van der Waals surface area contributed by atoms with Crippen LogP contribution in [-0.2, 0) is 6.54 Å². The van der Waals surface area contributed by atoms with E-state index in [-0.39, 0.29) is 12.1 Å². The van der Waals surface area contributed by atoms with Gasteiger partial charge in [0, 0.05) is 12.2 Å². The number of para-hydroxylation sites is 1. The molecule has 4 nitrogen and oxygen atoms in total. The summed E-state index contributed by atoms with van der Waals surface area (Å²) in [6.07, 6.45) is 1.43. The fourth-order valence-electron chi connectivity index (χ4n) is 3.43. The molecule has 1 amide bonds. The quantitative estimate of drug-likeness (QED) is 0.620. The van der Waals surface area contributed by atoms with Crippen molar-refractivity contribution in [1.29, 1.82) is 0 Å². The highest BCUT2D eigenvalue weighted by atomic mass is 16.5. The minimum Gasteiger partial charge on any atom is -0.490 e. The number of nitrogens with zero attached hydrogens (tertiary/aromatic N) is 1. The molecule has 1 atom stereocenters. The maximum absolute atomic E-state index is 13.3. The lowest BCUT2D eigenvalue weighted by atomic mass is 10.0. The number of nitrogens with one attached hydrogen (secondary N) is 1. The molecule has 1 aliphatic heterocycles. The van der Waals surface area contributed by atoms with E-state index in [4.69, 9.17) is 4.74 Å². The molecular formula is C24H22N2O2. The first-order valence-corrected chi connectivity index (χ1v) is 9.30. The van der Waals surface area contributed by atoms with E-state index in [0.717, 1.165) is 22.6 Å². The summed E-state index contributed by atoms with van der Waals surface area (Å²) in [7, 11) is 0. The van der Waals surface area contributed by atoms with E-state index in [9.17, 15) is 4.79 Å². The highest BCUT2D eigenvalue weighted by Crippen LogP contribution is 2.35. The van der Waals surface area contributed by atoms with Gasteiger partial charge in [0.2, 0.25) is 0 Å². The molecule has 3 aromatic carbocycles. The number of carbonyl (C=O) groups excluding carboxylic acids is 1. The van der Waals surface area contributed by atoms with Crippen molar-refractivity contribution in [3.63, 3.8) is 0 Å². The van der Waals surface area contributed by atoms with Gasteiger partial charge >= 0.3 is 0 Å². The Bertz CT molecular complexity index is 985. The highest BCUT2D eigenvalue weighted by Gasteiger charge is 2.32. The van der Waals surface area contributed by atoms with Crippen LogP contribution in [0.1, 0.15) is 27.7 Å². The lowest BCUT2D eigenvalue weighted by molar-refractivity contribution is 0.0666. The fourth-order valence-corrected chi connectivity index (χ4v) is 3.43. The van der Waals surface area contributed by atoms with Gasteiger partial charge in [0.25, 0.3) is 5.91 Å². The number of hydrogen-bond donors (Lipinski definition) is 1. The Balaban J connectivity index is 1.72. The van der Waals surface area contributed by atoms with Crippen LogP contribution in [0.25, 0.3) is 0 Å². The van der Waals surface area contributed by atoms with E-state index in [1.165, 1.54) is 0 Å². The average molecular weight is 370 g/mol. The van der Waals surface area contributed by atoms with Crippen molar-refractivity contribution < 1.29 is 9.53 Å². The highest BCUT2D eigenvalue weighted by molar-refractivity contribution is 6.01. The van der Waals surface area contributed by atoms with Gasteiger partial charge in [-0.2, -0.15) is 0 Å². The van der Waals surface area contributed by atoms with Crippen molar-refractivity contribution in [3.8, 4) is 5.75 Å². The van der Waals surface area contributed by atoms with Crippen molar-refractivity contribution in [1.82, 2.24) is 4.90 Å². The molecule has 0 bridgehead atoms. The second kappa shape index (κ2) is 8.01. The Hall–Kier alpha value is -3.53. The van der Waals surface area contributed by atoms with Crippen LogP contribution in [0, 0.1) is 0 Å². The lowest BCUT2D eigenvalue weighted by Crippen LogP contribution is -2.42. The largest absolute Gasteiger partial charge is 0.490 e. The standard InChI is InChI=1S/C24H22N2O2/c1-2-15-28-20-12-8-11-19(16-20)23-25-22-14-7-6-13-21(22)24(27)26(23)17-18-9-4-3-5-10-18/h2-14,16,23,25H,1,15,17H2. The first kappa shape index (κ1) is 17.9. The first-order valence-electron chi connectivity index (χ1n) is 9.30. The summed E-state index contributed by atoms with van der Waals surface area (Å²) in [5.74, 6) is 0.769. The van der Waals surface area contributed by atoms with Gasteiger partial charge < -0.3 is 15.0 Å². The predicted octanol–water partition coefficient (Wildman–Crippen LogP) is 5.02. The van der Waals surface area contributed by atoms with Crippen molar-refractivity contribution in [2.75, 3.05) is 11.9 Å². The molecule has 1 unspecified atom stereocenters. The van der Waals surface area contributed by atoms with Crippen molar-refractivity contribution in [3.05, 3.63) is 108 Å². The molecule has 0 saturated carbocycles. The number of anilines is 1. The minimum atomic E-state index is -0.283. The number of rotatable bonds is 6. The number of fused-ring (bicyclic) bond motifs is 1. The molecule has 140 valence electrons. The van der Waals surface area contributed by atoms with Gasteiger partial charge in [-0.1, -0.05) is 67.3 Å². The molecule has 0 aliphatic carbocycles. The van der Waals surface area contributed by atoms with Crippen LogP contribution >= 0.6 is 0 Å². The van der Waals surface area contributed by atoms with Crippen molar-refractivity contribution in [2.24, 2.45) is 0 Å². The SMILES string of the molecule is C=CCOc1cccc(C2Nc3ccccc3C(=O)N2Cc2ccccc2)c1. The van der Waals surface area contributed by atoms with E-state index in [2.05, 4.69) is 11.9 Å². The van der Waals surface area contributed by atoms with E-state index < -0.39 is 0 Å². The maximum Gasteiger partial charge on any atom is 0.258 e. The number of ether oxygens (including phenoxy) is 1. The summed E-state index contributed by atoms with van der Waals surface area (Å²) < 4.78 is 5.69. The Morgan fingerprint density at radius 2 is 1.79 bits per heavy atom. The lowest BCUT2D eigenvalue weighted by Gasteiger charge is -2.38. The smallest absolute Gasteiger partial charge is 0.258 e. The zero-order valence-corrected chi connectivity index (χ0v) is 15.5. The average Bonchev–Trinajstić information content (AvgIpc) is 2.75. The molecule has 0 aromatic heterocycles. The van der Waals surface area contributed by atoms with Gasteiger partial charge in [0.15, 0.2) is 0 Å². The zero-order valence-electron chi connectivity index (χ0n) is 15.5. The molecule has 4 heteroatoms. The van der Waals surface area contributed by atoms with Crippen molar-refractivity contribution >= 4 is 11.6 Å². The van der Waals surface area contributed by atoms with Gasteiger partial charge in [-0.05, 0) is 35.4 Å². The summed E-state index contributed by atoms with van der Waals surface area (Å²) in [4.78, 5) is 15.2. The Labute approximate surface area is 165 Å². The maximum atomic E-state index is 13.3. The molecule has 1 N–H and O–H groups in total. The second-order valence-electron chi connectivity index (χ2n) is 6.68. The molecular weight excluding hydrogens is 348 g/mol. The van der Waals surface area contributed by atoms with Gasteiger partial charge in [-0.3, -0.25) is 4.79 Å². The Morgan fingerprint density at radius 3 is 2.61 bits per heavy atom. The normalized spacial score (nSPS) is 15.5.